The number of hydrogen-bond acceptors (Lipinski definition) is 3. The largest absolute Gasteiger partial charge is 0.381 e. The Kier molecular flexibility index (Phi) is 4.31. The molecular weight excluding hydrogens is 380 g/mol. The van der Waals surface area contributed by atoms with Gasteiger partial charge in [-0.25, -0.2) is 0 Å². The number of aliphatic hydroxyl groups excluding tert-OH is 1. The van der Waals surface area contributed by atoms with Crippen molar-refractivity contribution in [1.29, 1.82) is 0 Å². The van der Waals surface area contributed by atoms with E-state index in [-0.39, 0.29) is 6.04 Å². The Labute approximate surface area is 127 Å². The molecule has 2 aromatic rings. The molecule has 2 aromatic heterocycles. The van der Waals surface area contributed by atoms with Crippen LogP contribution in [0.5, 0.6) is 0 Å². The number of thiophene rings is 1. The third-order valence-corrected chi connectivity index (χ3v) is 5.48. The first kappa shape index (κ1) is 14.2. The molecule has 98 valence electrons. The Morgan fingerprint density at radius 2 is 2.00 bits per heavy atom. The smallest absolute Gasteiger partial charge is 0.131 e. The first-order chi connectivity index (χ1) is 8.41. The summed E-state index contributed by atoms with van der Waals surface area (Å²) in [5, 5.41) is 14.8. The maximum atomic E-state index is 10.5. The summed E-state index contributed by atoms with van der Waals surface area (Å²) in [7, 11) is 0. The van der Waals surface area contributed by atoms with Crippen LogP contribution >= 0.6 is 43.2 Å². The van der Waals surface area contributed by atoms with Crippen LogP contribution in [0.2, 0.25) is 0 Å². The van der Waals surface area contributed by atoms with Gasteiger partial charge in [-0.15, -0.1) is 11.3 Å². The lowest BCUT2D eigenvalue weighted by Crippen LogP contribution is -2.11. The number of aliphatic hydroxyl groups is 1. The summed E-state index contributed by atoms with van der Waals surface area (Å²) in [5.74, 6) is 0. The van der Waals surface area contributed by atoms with Crippen molar-refractivity contribution in [2.75, 3.05) is 0 Å². The molecule has 6 heteroatoms. The molecule has 2 rings (SSSR count). The van der Waals surface area contributed by atoms with Crippen molar-refractivity contribution < 1.29 is 5.11 Å². The second-order valence-electron chi connectivity index (χ2n) is 4.37. The first-order valence-electron chi connectivity index (χ1n) is 5.58. The van der Waals surface area contributed by atoms with E-state index in [2.05, 4.69) is 37.0 Å². The van der Waals surface area contributed by atoms with Crippen LogP contribution in [0.3, 0.4) is 0 Å². The summed E-state index contributed by atoms with van der Waals surface area (Å²) in [6, 6.07) is 2.18. The molecule has 0 aliphatic rings. The summed E-state index contributed by atoms with van der Waals surface area (Å²) in [5.41, 5.74) is 0.804. The minimum atomic E-state index is -0.653. The highest BCUT2D eigenvalue weighted by Gasteiger charge is 2.22. The van der Waals surface area contributed by atoms with Gasteiger partial charge in [-0.2, -0.15) is 5.10 Å². The van der Waals surface area contributed by atoms with Gasteiger partial charge in [0, 0.05) is 20.3 Å². The van der Waals surface area contributed by atoms with Crippen molar-refractivity contribution in [3.8, 4) is 0 Å². The van der Waals surface area contributed by atoms with E-state index in [1.54, 1.807) is 17.5 Å². The number of rotatable bonds is 3. The Morgan fingerprint density at radius 1 is 1.33 bits per heavy atom. The van der Waals surface area contributed by atoms with Gasteiger partial charge in [-0.05, 0) is 58.7 Å². The highest BCUT2D eigenvalue weighted by Crippen LogP contribution is 2.36. The van der Waals surface area contributed by atoms with Crippen LogP contribution in [0.25, 0.3) is 0 Å². The fourth-order valence-corrected chi connectivity index (χ4v) is 3.81. The molecule has 3 nitrogen and oxygen atoms in total. The normalized spacial score (nSPS) is 13.3. The van der Waals surface area contributed by atoms with Crippen LogP contribution in [-0.4, -0.2) is 14.9 Å². The van der Waals surface area contributed by atoms with Gasteiger partial charge in [0.1, 0.15) is 6.10 Å². The van der Waals surface area contributed by atoms with Crippen molar-refractivity contribution >= 4 is 43.2 Å². The van der Waals surface area contributed by atoms with E-state index >= 15 is 0 Å². The molecule has 0 aromatic carbocycles. The summed E-state index contributed by atoms with van der Waals surface area (Å²) >= 11 is 8.53. The molecule has 0 spiro atoms. The Bertz CT molecular complexity index is 543. The van der Waals surface area contributed by atoms with E-state index in [0.29, 0.717) is 0 Å². The minimum Gasteiger partial charge on any atom is -0.381 e. The third-order valence-electron chi connectivity index (χ3n) is 2.68. The van der Waals surface area contributed by atoms with Gasteiger partial charge >= 0.3 is 0 Å². The molecule has 0 saturated carbocycles. The molecular formula is C12H14Br2N2OS. The van der Waals surface area contributed by atoms with Crippen LogP contribution in [-0.2, 0) is 0 Å². The van der Waals surface area contributed by atoms with Gasteiger partial charge in [-0.1, -0.05) is 0 Å². The SMILES string of the molecule is Cc1sc(C(O)c2c(Br)cnn2C(C)C)cc1Br. The molecule has 18 heavy (non-hydrogen) atoms. The molecule has 0 saturated heterocycles. The standard InChI is InChI=1S/C12H14Br2N2OS/c1-6(2)16-11(9(14)5-15-16)12(17)10-4-8(13)7(3)18-10/h4-6,12,17H,1-3H3. The third kappa shape index (κ3) is 2.57. The Hall–Kier alpha value is -0.170. The van der Waals surface area contributed by atoms with Gasteiger partial charge in [-0.3, -0.25) is 4.68 Å². The highest BCUT2D eigenvalue weighted by molar-refractivity contribution is 9.10. The van der Waals surface area contributed by atoms with Gasteiger partial charge in [0.2, 0.25) is 0 Å². The van der Waals surface area contributed by atoms with Gasteiger partial charge < -0.3 is 5.11 Å². The monoisotopic (exact) mass is 392 g/mol. The van der Waals surface area contributed by atoms with Crippen LogP contribution < -0.4 is 0 Å². The fraction of sp³-hybridized carbons (Fsp3) is 0.417. The first-order valence-corrected chi connectivity index (χ1v) is 7.98. The molecule has 1 unspecified atom stereocenters. The average Bonchev–Trinajstić information content (AvgIpc) is 2.83. The van der Waals surface area contributed by atoms with E-state index < -0.39 is 6.10 Å². The zero-order valence-electron chi connectivity index (χ0n) is 10.3. The zero-order chi connectivity index (χ0) is 13.4. The van der Waals surface area contributed by atoms with Crippen LogP contribution in [0.4, 0.5) is 0 Å². The molecule has 1 atom stereocenters. The van der Waals surface area contributed by atoms with Crippen molar-refractivity contribution in [3.05, 3.63) is 36.7 Å². The summed E-state index contributed by atoms with van der Waals surface area (Å²) in [6.45, 7) is 6.12. The number of hydrogen-bond donors (Lipinski definition) is 1. The number of aromatic nitrogens is 2. The van der Waals surface area contributed by atoms with Crippen LogP contribution in [0.15, 0.2) is 21.2 Å². The van der Waals surface area contributed by atoms with Crippen LogP contribution in [0.1, 0.15) is 41.4 Å². The van der Waals surface area contributed by atoms with E-state index in [1.807, 2.05) is 31.5 Å². The molecule has 0 aliphatic heterocycles. The maximum absolute atomic E-state index is 10.5. The molecule has 2 heterocycles. The lowest BCUT2D eigenvalue weighted by molar-refractivity contribution is 0.208. The van der Waals surface area contributed by atoms with E-state index in [4.69, 9.17) is 0 Å². The summed E-state index contributed by atoms with van der Waals surface area (Å²) in [6.07, 6.45) is 1.08. The molecule has 0 bridgehead atoms. The predicted molar refractivity (Wildman–Crippen MR) is 81.1 cm³/mol. The minimum absolute atomic E-state index is 0.213. The van der Waals surface area contributed by atoms with E-state index in [0.717, 1.165) is 24.4 Å². The van der Waals surface area contributed by atoms with Crippen molar-refractivity contribution in [1.82, 2.24) is 9.78 Å². The van der Waals surface area contributed by atoms with Crippen molar-refractivity contribution in [2.24, 2.45) is 0 Å². The second-order valence-corrected chi connectivity index (χ2v) is 7.37. The molecule has 0 fully saturated rings. The van der Waals surface area contributed by atoms with E-state index in [9.17, 15) is 5.11 Å². The Balaban J connectivity index is 2.45. The topological polar surface area (TPSA) is 38.1 Å². The molecule has 0 aliphatic carbocycles. The fourth-order valence-electron chi connectivity index (χ4n) is 1.77. The molecule has 0 amide bonds. The Morgan fingerprint density at radius 3 is 2.50 bits per heavy atom. The number of halogens is 2. The molecule has 1 N–H and O–H groups in total. The van der Waals surface area contributed by atoms with E-state index in [1.165, 1.54) is 0 Å². The predicted octanol–water partition coefficient (Wildman–Crippen LogP) is 4.44. The quantitative estimate of drug-likeness (QED) is 0.836. The lowest BCUT2D eigenvalue weighted by atomic mass is 10.2. The highest BCUT2D eigenvalue weighted by atomic mass is 79.9. The number of nitrogens with zero attached hydrogens (tertiary/aromatic N) is 2. The van der Waals surface area contributed by atoms with Gasteiger partial charge in [0.25, 0.3) is 0 Å². The van der Waals surface area contributed by atoms with Crippen LogP contribution in [0, 0.1) is 6.92 Å². The lowest BCUT2D eigenvalue weighted by Gasteiger charge is -2.15. The molecule has 0 radical (unpaired) electrons. The number of aryl methyl sites for hydroxylation is 1. The maximum Gasteiger partial charge on any atom is 0.131 e. The van der Waals surface area contributed by atoms with Crippen molar-refractivity contribution in [3.63, 3.8) is 0 Å². The summed E-state index contributed by atoms with van der Waals surface area (Å²) < 4.78 is 3.72. The second kappa shape index (κ2) is 5.45. The summed E-state index contributed by atoms with van der Waals surface area (Å²) in [4.78, 5) is 2.08. The van der Waals surface area contributed by atoms with Gasteiger partial charge in [0.15, 0.2) is 0 Å². The zero-order valence-corrected chi connectivity index (χ0v) is 14.3. The van der Waals surface area contributed by atoms with Crippen molar-refractivity contribution in [2.45, 2.75) is 32.9 Å². The average molecular weight is 394 g/mol. The van der Waals surface area contributed by atoms with Gasteiger partial charge in [0.05, 0.1) is 16.4 Å².